The molecular formula is C9H15N5O4S2. The van der Waals surface area contributed by atoms with Gasteiger partial charge < -0.3 is 10.0 Å². The number of hydrogen-bond acceptors (Lipinski definition) is 7. The first-order valence-corrected chi connectivity index (χ1v) is 8.07. The predicted octanol–water partition coefficient (Wildman–Crippen LogP) is -0.631. The van der Waals surface area contributed by atoms with Crippen molar-refractivity contribution in [2.45, 2.75) is 17.5 Å². The normalized spacial score (nSPS) is 20.2. The fourth-order valence-corrected chi connectivity index (χ4v) is 3.84. The van der Waals surface area contributed by atoms with E-state index in [1.807, 2.05) is 0 Å². The molecular weight excluding hydrogens is 306 g/mol. The summed E-state index contributed by atoms with van der Waals surface area (Å²) in [5.41, 5.74) is 0. The summed E-state index contributed by atoms with van der Waals surface area (Å²) in [4.78, 5) is 14.5. The molecule has 0 saturated carbocycles. The molecule has 0 spiro atoms. The number of carbonyl (C=O) groups is 1. The van der Waals surface area contributed by atoms with Gasteiger partial charge in [0, 0.05) is 20.6 Å². The quantitative estimate of drug-likeness (QED) is 0.740. The van der Waals surface area contributed by atoms with E-state index in [1.54, 1.807) is 6.92 Å². The molecule has 1 aromatic rings. The van der Waals surface area contributed by atoms with Crippen LogP contribution in [-0.2, 0) is 10.0 Å². The van der Waals surface area contributed by atoms with Crippen LogP contribution in [0.15, 0.2) is 4.34 Å². The van der Waals surface area contributed by atoms with Crippen LogP contribution in [0.4, 0.5) is 9.93 Å². The first kappa shape index (κ1) is 15.1. The fourth-order valence-electron chi connectivity index (χ4n) is 1.67. The molecule has 1 aliphatic rings. The highest BCUT2D eigenvalue weighted by molar-refractivity contribution is 7.91. The van der Waals surface area contributed by atoms with Crippen LogP contribution in [0.3, 0.4) is 0 Å². The highest BCUT2D eigenvalue weighted by atomic mass is 32.2. The highest BCUT2D eigenvalue weighted by Gasteiger charge is 2.39. The summed E-state index contributed by atoms with van der Waals surface area (Å²) in [6.45, 7) is 2.40. The van der Waals surface area contributed by atoms with Gasteiger partial charge in [-0.2, -0.15) is 0 Å². The molecule has 0 aliphatic carbocycles. The fraction of sp³-hybridized carbons (Fsp3) is 0.667. The van der Waals surface area contributed by atoms with E-state index in [2.05, 4.69) is 10.2 Å². The number of carbonyl (C=O) groups excluding carboxylic acids is 1. The van der Waals surface area contributed by atoms with E-state index >= 15 is 0 Å². The third kappa shape index (κ3) is 2.37. The van der Waals surface area contributed by atoms with E-state index in [-0.39, 0.29) is 16.0 Å². The lowest BCUT2D eigenvalue weighted by Crippen LogP contribution is -2.34. The minimum atomic E-state index is -3.69. The molecule has 11 heteroatoms. The second kappa shape index (κ2) is 5.24. The Hall–Kier alpha value is -1.30. The van der Waals surface area contributed by atoms with E-state index in [1.165, 1.54) is 19.0 Å². The number of β-amino-alcohol motifs (C(OH)–C–C–N with tert-alkyl or cyclic N) is 1. The van der Waals surface area contributed by atoms with Crippen LogP contribution >= 0.6 is 11.3 Å². The Balaban J connectivity index is 2.33. The van der Waals surface area contributed by atoms with Crippen LogP contribution in [0.2, 0.25) is 0 Å². The number of urea groups is 1. The number of aliphatic hydroxyl groups excluding tert-OH is 1. The molecule has 1 aliphatic heterocycles. The van der Waals surface area contributed by atoms with E-state index in [0.717, 1.165) is 20.5 Å². The van der Waals surface area contributed by atoms with Crippen LogP contribution in [-0.4, -0.2) is 72.4 Å². The van der Waals surface area contributed by atoms with E-state index in [9.17, 15) is 18.3 Å². The summed E-state index contributed by atoms with van der Waals surface area (Å²) in [7, 11) is -0.935. The molecule has 0 bridgehead atoms. The van der Waals surface area contributed by atoms with Gasteiger partial charge in [-0.05, 0) is 6.92 Å². The minimum Gasteiger partial charge on any atom is -0.371 e. The number of nitrogens with zero attached hydrogens (tertiary/aromatic N) is 5. The number of aromatic nitrogens is 2. The van der Waals surface area contributed by atoms with Crippen LogP contribution in [0, 0.1) is 0 Å². The molecule has 1 fully saturated rings. The molecule has 9 nitrogen and oxygen atoms in total. The van der Waals surface area contributed by atoms with Gasteiger partial charge in [0.05, 0.1) is 6.54 Å². The Bertz CT molecular complexity index is 614. The van der Waals surface area contributed by atoms with E-state index < -0.39 is 22.3 Å². The lowest BCUT2D eigenvalue weighted by molar-refractivity contribution is 0.178. The van der Waals surface area contributed by atoms with Crippen LogP contribution in [0.25, 0.3) is 0 Å². The van der Waals surface area contributed by atoms with Gasteiger partial charge in [-0.25, -0.2) is 22.4 Å². The first-order chi connectivity index (χ1) is 9.28. The largest absolute Gasteiger partial charge is 0.371 e. The smallest absolute Gasteiger partial charge is 0.328 e. The first-order valence-electron chi connectivity index (χ1n) is 5.81. The Labute approximate surface area is 120 Å². The Morgan fingerprint density at radius 3 is 2.60 bits per heavy atom. The predicted molar refractivity (Wildman–Crippen MR) is 71.9 cm³/mol. The van der Waals surface area contributed by atoms with Crippen molar-refractivity contribution >= 4 is 32.5 Å². The third-order valence-corrected chi connectivity index (χ3v) is 5.93. The standard InChI is InChI=1S/C9H15N5O4S2/c1-4-13-5-6(15)14(9(13)16)7-10-11-8(19-7)20(17,18)12(2)3/h6,15H,4-5H2,1-3H3. The molecule has 2 heterocycles. The second-order valence-electron chi connectivity index (χ2n) is 4.31. The number of rotatable bonds is 4. The maximum atomic E-state index is 12.0. The monoisotopic (exact) mass is 321 g/mol. The molecule has 112 valence electrons. The minimum absolute atomic E-state index is 0.0684. The van der Waals surface area contributed by atoms with Crippen molar-refractivity contribution in [3.8, 4) is 0 Å². The zero-order valence-corrected chi connectivity index (χ0v) is 12.8. The van der Waals surface area contributed by atoms with Crippen molar-refractivity contribution in [1.29, 1.82) is 0 Å². The molecule has 1 N–H and O–H groups in total. The summed E-state index contributed by atoms with van der Waals surface area (Å²) in [5, 5.41) is 17.2. The summed E-state index contributed by atoms with van der Waals surface area (Å²) in [6.07, 6.45) is -1.05. The maximum absolute atomic E-state index is 12.0. The van der Waals surface area contributed by atoms with Gasteiger partial charge in [0.2, 0.25) is 9.47 Å². The van der Waals surface area contributed by atoms with Crippen molar-refractivity contribution in [2.75, 3.05) is 32.1 Å². The number of amides is 2. The van der Waals surface area contributed by atoms with Crippen molar-refractivity contribution in [3.05, 3.63) is 0 Å². The molecule has 0 aromatic carbocycles. The zero-order chi connectivity index (χ0) is 15.1. The van der Waals surface area contributed by atoms with Crippen LogP contribution < -0.4 is 4.90 Å². The van der Waals surface area contributed by atoms with Gasteiger partial charge in [-0.1, -0.05) is 11.3 Å². The molecule has 20 heavy (non-hydrogen) atoms. The SMILES string of the molecule is CCN1CC(O)N(c2nnc(S(=O)(=O)N(C)C)s2)C1=O. The van der Waals surface area contributed by atoms with Gasteiger partial charge in [0.15, 0.2) is 6.23 Å². The number of aliphatic hydroxyl groups is 1. The van der Waals surface area contributed by atoms with Crippen LogP contribution in [0.1, 0.15) is 6.92 Å². The lowest BCUT2D eigenvalue weighted by Gasteiger charge is -2.15. The summed E-state index contributed by atoms with van der Waals surface area (Å²) < 4.78 is 24.6. The van der Waals surface area contributed by atoms with Crippen molar-refractivity contribution in [3.63, 3.8) is 0 Å². The summed E-state index contributed by atoms with van der Waals surface area (Å²) in [6, 6.07) is -0.412. The number of likely N-dealkylation sites (N-methyl/N-ethyl adjacent to an activating group) is 1. The van der Waals surface area contributed by atoms with Crippen molar-refractivity contribution in [1.82, 2.24) is 19.4 Å². The van der Waals surface area contributed by atoms with Gasteiger partial charge in [0.1, 0.15) is 0 Å². The highest BCUT2D eigenvalue weighted by Crippen LogP contribution is 2.29. The molecule has 1 atom stereocenters. The maximum Gasteiger partial charge on any atom is 0.328 e. The average Bonchev–Trinajstić information content (AvgIpc) is 2.94. The zero-order valence-electron chi connectivity index (χ0n) is 11.2. The third-order valence-electron chi connectivity index (χ3n) is 2.84. The van der Waals surface area contributed by atoms with Gasteiger partial charge in [0.25, 0.3) is 10.0 Å². The summed E-state index contributed by atoms with van der Waals surface area (Å²) >= 11 is 0.752. The van der Waals surface area contributed by atoms with Gasteiger partial charge in [-0.3, -0.25) is 0 Å². The summed E-state index contributed by atoms with van der Waals surface area (Å²) in [5.74, 6) is 0. The lowest BCUT2D eigenvalue weighted by atomic mass is 10.5. The Morgan fingerprint density at radius 1 is 1.45 bits per heavy atom. The Morgan fingerprint density at radius 2 is 2.10 bits per heavy atom. The number of anilines is 1. The van der Waals surface area contributed by atoms with E-state index in [0.29, 0.717) is 6.54 Å². The second-order valence-corrected chi connectivity index (χ2v) is 7.59. The molecule has 1 unspecified atom stereocenters. The van der Waals surface area contributed by atoms with Crippen molar-refractivity contribution < 1.29 is 18.3 Å². The Kier molecular flexibility index (Phi) is 3.95. The molecule has 1 aromatic heterocycles. The number of sulfonamides is 1. The topological polar surface area (TPSA) is 107 Å². The average molecular weight is 321 g/mol. The molecule has 0 radical (unpaired) electrons. The van der Waals surface area contributed by atoms with Crippen LogP contribution in [0.5, 0.6) is 0 Å². The molecule has 2 rings (SSSR count). The number of hydrogen-bond donors (Lipinski definition) is 1. The van der Waals surface area contributed by atoms with E-state index in [4.69, 9.17) is 0 Å². The van der Waals surface area contributed by atoms with Gasteiger partial charge >= 0.3 is 6.03 Å². The molecule has 2 amide bonds. The van der Waals surface area contributed by atoms with Crippen molar-refractivity contribution in [2.24, 2.45) is 0 Å². The van der Waals surface area contributed by atoms with Gasteiger partial charge in [-0.15, -0.1) is 10.2 Å². The molecule has 1 saturated heterocycles.